The van der Waals surface area contributed by atoms with Gasteiger partial charge in [0.25, 0.3) is 5.91 Å². The highest BCUT2D eigenvalue weighted by molar-refractivity contribution is 7.13. The number of carbonyl (C=O) groups is 1. The van der Waals surface area contributed by atoms with E-state index in [0.29, 0.717) is 16.6 Å². The van der Waals surface area contributed by atoms with Gasteiger partial charge >= 0.3 is 0 Å². The monoisotopic (exact) mass is 345 g/mol. The molecule has 3 aromatic rings. The molecule has 1 saturated heterocycles. The smallest absolute Gasteiger partial charge is 0.272 e. The Kier molecular flexibility index (Phi) is 3.89. The molecule has 0 bridgehead atoms. The number of rotatable bonds is 3. The van der Waals surface area contributed by atoms with Crippen LogP contribution in [0.4, 0.5) is 9.52 Å². The second-order valence-corrected chi connectivity index (χ2v) is 6.68. The van der Waals surface area contributed by atoms with Gasteiger partial charge < -0.3 is 10.2 Å². The molecular weight excluding hydrogens is 329 g/mol. The number of carbonyl (C=O) groups excluding carboxylic acids is 1. The van der Waals surface area contributed by atoms with E-state index in [9.17, 15) is 9.18 Å². The predicted octanol–water partition coefficient (Wildman–Crippen LogP) is 2.56. The van der Waals surface area contributed by atoms with Gasteiger partial charge in [0.05, 0.1) is 5.52 Å². The zero-order valence-electron chi connectivity index (χ0n) is 12.8. The summed E-state index contributed by atoms with van der Waals surface area (Å²) in [6.45, 7) is 1.73. The summed E-state index contributed by atoms with van der Waals surface area (Å²) in [4.78, 5) is 19.0. The first-order valence-corrected chi connectivity index (χ1v) is 8.67. The van der Waals surface area contributed by atoms with Crippen molar-refractivity contribution in [2.75, 3.05) is 18.0 Å². The Balaban J connectivity index is 1.41. The molecule has 2 N–H and O–H groups in total. The summed E-state index contributed by atoms with van der Waals surface area (Å²) in [5, 5.41) is 13.4. The van der Waals surface area contributed by atoms with E-state index in [2.05, 4.69) is 25.4 Å². The van der Waals surface area contributed by atoms with E-state index in [0.717, 1.165) is 31.1 Å². The van der Waals surface area contributed by atoms with Crippen LogP contribution < -0.4 is 10.2 Å². The minimum Gasteiger partial charge on any atom is -0.348 e. The fourth-order valence-electron chi connectivity index (χ4n) is 3.01. The largest absolute Gasteiger partial charge is 0.348 e. The summed E-state index contributed by atoms with van der Waals surface area (Å²) in [6, 6.07) is 4.36. The second-order valence-electron chi connectivity index (χ2n) is 5.81. The molecule has 8 heteroatoms. The van der Waals surface area contributed by atoms with Crippen molar-refractivity contribution in [2.24, 2.45) is 0 Å². The Hall–Kier alpha value is -2.48. The Labute approximate surface area is 141 Å². The van der Waals surface area contributed by atoms with E-state index < -0.39 is 0 Å². The summed E-state index contributed by atoms with van der Waals surface area (Å²) in [6.07, 6.45) is 3.53. The van der Waals surface area contributed by atoms with Crippen molar-refractivity contribution in [3.8, 4) is 0 Å². The molecule has 1 amide bonds. The highest BCUT2D eigenvalue weighted by Crippen LogP contribution is 2.22. The number of piperidine rings is 1. The maximum atomic E-state index is 13.2. The Morgan fingerprint density at radius 1 is 1.38 bits per heavy atom. The van der Waals surface area contributed by atoms with Crippen LogP contribution in [-0.4, -0.2) is 40.2 Å². The van der Waals surface area contributed by atoms with Gasteiger partial charge in [-0.25, -0.2) is 9.37 Å². The van der Waals surface area contributed by atoms with Gasteiger partial charge in [0, 0.05) is 36.1 Å². The molecular formula is C16H16FN5OS. The van der Waals surface area contributed by atoms with E-state index in [1.165, 1.54) is 12.1 Å². The topological polar surface area (TPSA) is 73.9 Å². The third-order valence-corrected chi connectivity index (χ3v) is 5.09. The van der Waals surface area contributed by atoms with Gasteiger partial charge in [-0.05, 0) is 31.0 Å². The fraction of sp³-hybridized carbons (Fsp3) is 0.312. The van der Waals surface area contributed by atoms with E-state index in [1.54, 1.807) is 23.6 Å². The summed E-state index contributed by atoms with van der Waals surface area (Å²) < 4.78 is 13.2. The van der Waals surface area contributed by atoms with Crippen molar-refractivity contribution in [1.82, 2.24) is 20.5 Å². The molecule has 3 heterocycles. The van der Waals surface area contributed by atoms with Gasteiger partial charge in [-0.3, -0.25) is 9.89 Å². The number of amides is 1. The number of anilines is 1. The van der Waals surface area contributed by atoms with Crippen LogP contribution in [0, 0.1) is 5.82 Å². The number of H-pyrrole nitrogens is 1. The quantitative estimate of drug-likeness (QED) is 0.765. The molecule has 0 unspecified atom stereocenters. The minimum absolute atomic E-state index is 0.112. The first kappa shape index (κ1) is 15.1. The van der Waals surface area contributed by atoms with E-state index in [1.807, 2.05) is 5.38 Å². The first-order valence-electron chi connectivity index (χ1n) is 7.79. The highest BCUT2D eigenvalue weighted by atomic mass is 32.1. The molecule has 1 aromatic carbocycles. The van der Waals surface area contributed by atoms with E-state index >= 15 is 0 Å². The molecule has 0 aliphatic carbocycles. The van der Waals surface area contributed by atoms with Gasteiger partial charge in [-0.15, -0.1) is 11.3 Å². The lowest BCUT2D eigenvalue weighted by Crippen LogP contribution is -2.44. The molecule has 4 rings (SSSR count). The van der Waals surface area contributed by atoms with Crippen LogP contribution in [-0.2, 0) is 0 Å². The van der Waals surface area contributed by atoms with Crippen LogP contribution in [0.2, 0.25) is 0 Å². The van der Waals surface area contributed by atoms with Gasteiger partial charge in [0.1, 0.15) is 5.82 Å². The van der Waals surface area contributed by atoms with E-state index in [-0.39, 0.29) is 17.8 Å². The van der Waals surface area contributed by atoms with Gasteiger partial charge in [0.2, 0.25) is 0 Å². The summed E-state index contributed by atoms with van der Waals surface area (Å²) in [5.74, 6) is -0.576. The second kappa shape index (κ2) is 6.20. The lowest BCUT2D eigenvalue weighted by molar-refractivity contribution is 0.0927. The molecule has 1 aliphatic heterocycles. The number of hydrogen-bond acceptors (Lipinski definition) is 5. The first-order chi connectivity index (χ1) is 11.7. The lowest BCUT2D eigenvalue weighted by Gasteiger charge is -2.32. The Morgan fingerprint density at radius 2 is 2.21 bits per heavy atom. The van der Waals surface area contributed by atoms with Crippen LogP contribution in [0.25, 0.3) is 10.9 Å². The van der Waals surface area contributed by atoms with Crippen LogP contribution in [0.5, 0.6) is 0 Å². The molecule has 24 heavy (non-hydrogen) atoms. The van der Waals surface area contributed by atoms with Gasteiger partial charge in [-0.2, -0.15) is 5.10 Å². The molecule has 2 aromatic heterocycles. The zero-order valence-corrected chi connectivity index (χ0v) is 13.6. The number of thiazole rings is 1. The van der Waals surface area contributed by atoms with Crippen LogP contribution in [0.15, 0.2) is 29.8 Å². The average Bonchev–Trinajstić information content (AvgIpc) is 3.24. The number of nitrogens with one attached hydrogen (secondary N) is 2. The number of fused-ring (bicyclic) bond motifs is 1. The van der Waals surface area contributed by atoms with Crippen molar-refractivity contribution < 1.29 is 9.18 Å². The summed E-state index contributed by atoms with van der Waals surface area (Å²) in [5.41, 5.74) is 0.839. The Morgan fingerprint density at radius 3 is 2.96 bits per heavy atom. The van der Waals surface area contributed by atoms with Crippen molar-refractivity contribution in [3.63, 3.8) is 0 Å². The van der Waals surface area contributed by atoms with Crippen LogP contribution >= 0.6 is 11.3 Å². The zero-order chi connectivity index (χ0) is 16.5. The molecule has 124 valence electrons. The number of nitrogens with zero attached hydrogens (tertiary/aromatic N) is 3. The van der Waals surface area contributed by atoms with Crippen molar-refractivity contribution in [3.05, 3.63) is 41.3 Å². The number of halogens is 1. The maximum absolute atomic E-state index is 13.2. The van der Waals surface area contributed by atoms with E-state index in [4.69, 9.17) is 0 Å². The lowest BCUT2D eigenvalue weighted by atomic mass is 10.1. The number of aromatic amines is 1. The molecule has 0 spiro atoms. The SMILES string of the molecule is O=C(NC1CCN(c2nccs2)CC1)c1n[nH]c2cc(F)ccc12. The van der Waals surface area contributed by atoms with Crippen LogP contribution in [0.1, 0.15) is 23.3 Å². The molecule has 6 nitrogen and oxygen atoms in total. The molecule has 0 saturated carbocycles. The van der Waals surface area contributed by atoms with Crippen molar-refractivity contribution >= 4 is 33.3 Å². The fourth-order valence-corrected chi connectivity index (χ4v) is 3.70. The molecule has 1 aliphatic rings. The molecule has 0 radical (unpaired) electrons. The minimum atomic E-state index is -0.354. The maximum Gasteiger partial charge on any atom is 0.272 e. The summed E-state index contributed by atoms with van der Waals surface area (Å²) >= 11 is 1.63. The van der Waals surface area contributed by atoms with Crippen LogP contribution in [0.3, 0.4) is 0 Å². The van der Waals surface area contributed by atoms with Gasteiger partial charge in [-0.1, -0.05) is 0 Å². The average molecular weight is 345 g/mol. The molecule has 0 atom stereocenters. The number of hydrogen-bond donors (Lipinski definition) is 2. The van der Waals surface area contributed by atoms with Crippen molar-refractivity contribution in [1.29, 1.82) is 0 Å². The Bertz CT molecular complexity index is 855. The predicted molar refractivity (Wildman–Crippen MR) is 90.9 cm³/mol. The standard InChI is InChI=1S/C16H16FN5OS/c17-10-1-2-12-13(9-10)20-21-14(12)15(23)19-11-3-6-22(7-4-11)16-18-5-8-24-16/h1-2,5,8-9,11H,3-4,6-7H2,(H,19,23)(H,20,21). The molecule has 1 fully saturated rings. The summed E-state index contributed by atoms with van der Waals surface area (Å²) in [7, 11) is 0. The van der Waals surface area contributed by atoms with Crippen molar-refractivity contribution in [2.45, 2.75) is 18.9 Å². The number of aromatic nitrogens is 3. The third-order valence-electron chi connectivity index (χ3n) is 4.26. The number of benzene rings is 1. The third kappa shape index (κ3) is 2.84. The normalized spacial score (nSPS) is 15.8. The highest BCUT2D eigenvalue weighted by Gasteiger charge is 2.24. The van der Waals surface area contributed by atoms with Gasteiger partial charge in [0.15, 0.2) is 10.8 Å².